The van der Waals surface area contributed by atoms with Gasteiger partial charge in [-0.25, -0.2) is 0 Å². The summed E-state index contributed by atoms with van der Waals surface area (Å²) in [5.41, 5.74) is 0. The van der Waals surface area contributed by atoms with Crippen LogP contribution in [-0.2, 0) is 45.8 Å². The minimum absolute atomic E-state index is 0. The Hall–Kier alpha value is -1.46. The largest absolute Gasteiger partial charge is 3.00 e. The average Bonchev–Trinajstić information content (AvgIpc) is 2.76. The number of ketones is 6. The third kappa shape index (κ3) is 26.0. The molecule has 0 saturated carbocycles. The van der Waals surface area contributed by atoms with Gasteiger partial charge in [-0.1, -0.05) is 78.6 Å². The summed E-state index contributed by atoms with van der Waals surface area (Å²) in [7, 11) is 0. The van der Waals surface area contributed by atoms with E-state index in [0.717, 1.165) is 77.0 Å². The van der Waals surface area contributed by atoms with Crippen molar-refractivity contribution in [3.8, 4) is 0 Å². The first-order valence-corrected chi connectivity index (χ1v) is 13.8. The SMILES string of the molecule is CCCCCC(C(C)=O)C(C)=O.CCCCCC(C(C)=O)C(C)=O.CCCCCC(C(C)=O)C(C)=O.[Fe+3]. The minimum Gasteiger partial charge on any atom is -0.299 e. The summed E-state index contributed by atoms with van der Waals surface area (Å²) < 4.78 is 0. The zero-order valence-electron chi connectivity index (χ0n) is 25.0. The molecule has 0 aromatic carbocycles. The van der Waals surface area contributed by atoms with Crippen LogP contribution in [0.1, 0.15) is 139 Å². The molecule has 0 aliphatic heterocycles. The van der Waals surface area contributed by atoms with Crippen LogP contribution in [-0.4, -0.2) is 34.7 Å². The first-order valence-electron chi connectivity index (χ1n) is 13.8. The van der Waals surface area contributed by atoms with E-state index in [-0.39, 0.29) is 69.5 Å². The molecule has 0 spiro atoms. The molecule has 0 fully saturated rings. The molecule has 0 heterocycles. The molecule has 0 N–H and O–H groups in total. The van der Waals surface area contributed by atoms with Crippen LogP contribution in [0.4, 0.5) is 0 Å². The molecule has 0 amide bonds. The van der Waals surface area contributed by atoms with E-state index in [1.165, 1.54) is 41.5 Å². The molecular formula is C30H54FeO6+3. The maximum atomic E-state index is 11.0. The van der Waals surface area contributed by atoms with Gasteiger partial charge in [0.2, 0.25) is 0 Å². The molecular weight excluding hydrogens is 512 g/mol. The van der Waals surface area contributed by atoms with E-state index in [9.17, 15) is 28.8 Å². The zero-order chi connectivity index (χ0) is 28.7. The maximum Gasteiger partial charge on any atom is 3.00 e. The standard InChI is InChI=1S/3C10H18O2.Fe/c3*1-4-5-6-7-10(8(2)11)9(3)12;/h3*10H,4-7H2,1-3H3;/q;;;+3. The second kappa shape index (κ2) is 27.6. The van der Waals surface area contributed by atoms with Gasteiger partial charge in [-0.05, 0) is 60.8 Å². The molecule has 0 aliphatic carbocycles. The third-order valence-electron chi connectivity index (χ3n) is 6.23. The molecule has 37 heavy (non-hydrogen) atoms. The topological polar surface area (TPSA) is 102 Å². The van der Waals surface area contributed by atoms with Gasteiger partial charge in [-0.15, -0.1) is 0 Å². The number of hydrogen-bond donors (Lipinski definition) is 0. The van der Waals surface area contributed by atoms with Crippen molar-refractivity contribution in [1.29, 1.82) is 0 Å². The van der Waals surface area contributed by atoms with Gasteiger partial charge in [0.05, 0.1) is 17.8 Å². The van der Waals surface area contributed by atoms with Gasteiger partial charge in [0.15, 0.2) is 0 Å². The Bertz CT molecular complexity index is 539. The predicted octanol–water partition coefficient (Wildman–Crippen LogP) is 7.08. The summed E-state index contributed by atoms with van der Waals surface area (Å²) in [6.07, 6.45) is 11.9. The molecule has 0 aliphatic rings. The quantitative estimate of drug-likeness (QED) is 0.0998. The van der Waals surface area contributed by atoms with Crippen LogP contribution in [0.3, 0.4) is 0 Å². The monoisotopic (exact) mass is 566 g/mol. The van der Waals surface area contributed by atoms with E-state index in [0.29, 0.717) is 0 Å². The Balaban J connectivity index is -0.000000218. The van der Waals surface area contributed by atoms with Gasteiger partial charge in [0, 0.05) is 0 Å². The Morgan fingerprint density at radius 1 is 0.378 bits per heavy atom. The van der Waals surface area contributed by atoms with Gasteiger partial charge < -0.3 is 0 Å². The van der Waals surface area contributed by atoms with E-state index in [1.807, 2.05) is 0 Å². The van der Waals surface area contributed by atoms with Crippen LogP contribution in [0, 0.1) is 17.8 Å². The molecule has 1 radical (unpaired) electrons. The molecule has 215 valence electrons. The van der Waals surface area contributed by atoms with Crippen LogP contribution in [0.5, 0.6) is 0 Å². The Labute approximate surface area is 237 Å². The fourth-order valence-electron chi connectivity index (χ4n) is 3.87. The van der Waals surface area contributed by atoms with E-state index < -0.39 is 0 Å². The molecule has 7 heteroatoms. The average molecular weight is 567 g/mol. The van der Waals surface area contributed by atoms with Crippen LogP contribution in [0.15, 0.2) is 0 Å². The number of carbonyl (C=O) groups excluding carboxylic acids is 6. The molecule has 0 bridgehead atoms. The van der Waals surface area contributed by atoms with Gasteiger partial charge >= 0.3 is 17.1 Å². The number of carbonyl (C=O) groups is 6. The van der Waals surface area contributed by atoms with Crippen molar-refractivity contribution in [1.82, 2.24) is 0 Å². The van der Waals surface area contributed by atoms with Gasteiger partial charge in [-0.3, -0.25) is 28.8 Å². The number of Topliss-reactive ketones (excluding diaryl/α,β-unsaturated/α-hetero) is 6. The number of rotatable bonds is 18. The van der Waals surface area contributed by atoms with Crippen LogP contribution < -0.4 is 0 Å². The minimum atomic E-state index is -0.337. The van der Waals surface area contributed by atoms with Crippen molar-refractivity contribution in [2.45, 2.75) is 139 Å². The van der Waals surface area contributed by atoms with Gasteiger partial charge in [0.25, 0.3) is 0 Å². The molecule has 6 nitrogen and oxygen atoms in total. The molecule has 0 saturated heterocycles. The first-order chi connectivity index (χ1) is 16.8. The summed E-state index contributed by atoms with van der Waals surface area (Å²) in [4.78, 5) is 65.8. The van der Waals surface area contributed by atoms with Crippen molar-refractivity contribution >= 4 is 34.7 Å². The van der Waals surface area contributed by atoms with Crippen molar-refractivity contribution < 1.29 is 45.8 Å². The fourth-order valence-corrected chi connectivity index (χ4v) is 3.87. The van der Waals surface area contributed by atoms with Gasteiger partial charge in [0.1, 0.15) is 34.7 Å². The van der Waals surface area contributed by atoms with E-state index in [1.54, 1.807) is 0 Å². The summed E-state index contributed by atoms with van der Waals surface area (Å²) in [6.45, 7) is 15.3. The molecule has 0 aromatic rings. The van der Waals surface area contributed by atoms with Crippen LogP contribution in [0.25, 0.3) is 0 Å². The van der Waals surface area contributed by atoms with Crippen molar-refractivity contribution in [2.24, 2.45) is 17.8 Å². The normalized spacial score (nSPS) is 10.1. The first kappa shape index (κ1) is 42.6. The van der Waals surface area contributed by atoms with Gasteiger partial charge in [-0.2, -0.15) is 0 Å². The van der Waals surface area contributed by atoms with Crippen LogP contribution >= 0.6 is 0 Å². The molecule has 0 rings (SSSR count). The molecule has 0 atom stereocenters. The van der Waals surface area contributed by atoms with E-state index in [2.05, 4.69) is 20.8 Å². The predicted molar refractivity (Wildman–Crippen MR) is 147 cm³/mol. The summed E-state index contributed by atoms with van der Waals surface area (Å²) in [5, 5.41) is 0. The number of hydrogen-bond acceptors (Lipinski definition) is 6. The molecule has 0 unspecified atom stereocenters. The smallest absolute Gasteiger partial charge is 0.299 e. The third-order valence-corrected chi connectivity index (χ3v) is 6.23. The van der Waals surface area contributed by atoms with Crippen molar-refractivity contribution in [3.05, 3.63) is 0 Å². The van der Waals surface area contributed by atoms with Crippen LogP contribution in [0.2, 0.25) is 0 Å². The van der Waals surface area contributed by atoms with E-state index >= 15 is 0 Å². The maximum absolute atomic E-state index is 11.0. The Morgan fingerprint density at radius 2 is 0.541 bits per heavy atom. The summed E-state index contributed by atoms with van der Waals surface area (Å²) in [6, 6.07) is 0. The molecule has 0 aromatic heterocycles. The summed E-state index contributed by atoms with van der Waals surface area (Å²) >= 11 is 0. The summed E-state index contributed by atoms with van der Waals surface area (Å²) in [5.74, 6) is -0.934. The Kier molecular flexibility index (Phi) is 31.8. The number of unbranched alkanes of at least 4 members (excludes halogenated alkanes) is 6. The van der Waals surface area contributed by atoms with Crippen molar-refractivity contribution in [2.75, 3.05) is 0 Å². The second-order valence-corrected chi connectivity index (χ2v) is 9.81. The zero-order valence-corrected chi connectivity index (χ0v) is 26.1. The fraction of sp³-hybridized carbons (Fsp3) is 0.800. The second-order valence-electron chi connectivity index (χ2n) is 9.81. The van der Waals surface area contributed by atoms with Crippen molar-refractivity contribution in [3.63, 3.8) is 0 Å². The Morgan fingerprint density at radius 3 is 0.649 bits per heavy atom. The van der Waals surface area contributed by atoms with E-state index in [4.69, 9.17) is 0 Å².